The molecule has 0 atom stereocenters. The lowest BCUT2D eigenvalue weighted by Crippen LogP contribution is -2.31. The van der Waals surface area contributed by atoms with Crippen LogP contribution in [0.15, 0.2) is 36.4 Å². The third kappa shape index (κ3) is 14.7. The van der Waals surface area contributed by atoms with Gasteiger partial charge in [-0.05, 0) is 67.4 Å². The molecule has 0 aliphatic rings. The van der Waals surface area contributed by atoms with Crippen LogP contribution in [0.25, 0.3) is 0 Å². The Bertz CT molecular complexity index is 738. The monoisotopic (exact) mass is 486 g/mol. The summed E-state index contributed by atoms with van der Waals surface area (Å²) in [5, 5.41) is 17.7. The lowest BCUT2D eigenvalue weighted by atomic mass is 9.77. The highest BCUT2D eigenvalue weighted by Crippen LogP contribution is 2.11. The first-order chi connectivity index (χ1) is 12.1. The summed E-state index contributed by atoms with van der Waals surface area (Å²) < 4.78 is 1.35. The van der Waals surface area contributed by atoms with Crippen LogP contribution in [0.4, 0.5) is 0 Å². The van der Waals surface area contributed by atoms with Crippen molar-refractivity contribution in [3.05, 3.63) is 62.2 Å². The maximum absolute atomic E-state index is 8.85. The third-order valence-electron chi connectivity index (χ3n) is 3.02. The average molecular weight is 486 g/mol. The van der Waals surface area contributed by atoms with Gasteiger partial charge in [0, 0.05) is 3.57 Å². The predicted molar refractivity (Wildman–Crippen MR) is 111 cm³/mol. The molecule has 0 saturated heterocycles. The van der Waals surface area contributed by atoms with Gasteiger partial charge < -0.3 is 10.0 Å². The van der Waals surface area contributed by atoms with Gasteiger partial charge in [-0.3, -0.25) is 0 Å². The lowest BCUT2D eigenvalue weighted by molar-refractivity contribution is -0.193. The normalized spacial score (nSPS) is 7.81. The van der Waals surface area contributed by atoms with Crippen molar-refractivity contribution in [2.45, 2.75) is 35.1 Å². The fraction of sp³-hybridized carbons (Fsp3) is 0.263. The highest BCUT2D eigenvalue weighted by molar-refractivity contribution is 14.1. The van der Waals surface area contributed by atoms with Crippen molar-refractivity contribution in [3.63, 3.8) is 0 Å². The quantitative estimate of drug-likeness (QED) is 0.474. The molecule has 0 aromatic heterocycles. The molecule has 0 radical (unpaired) electrons. The van der Waals surface area contributed by atoms with Gasteiger partial charge in [-0.25, -0.2) is 0 Å². The molecule has 0 aliphatic heterocycles. The second-order valence-corrected chi connectivity index (χ2v) is 6.32. The standard InChI is InChI=1S/C8H11BO2.C8H9I.2CO2.CH4/c1-6-3-4-8(9(10)11)7(2)5-6;1-6-3-4-8(9)7(2)5-6;2*2-1-3;/h3-5,10-11H,1-2H3;3-5H,1-2H3;;;1H4. The van der Waals surface area contributed by atoms with E-state index in [9.17, 15) is 0 Å². The molecule has 2 rings (SSSR count). The minimum Gasteiger partial charge on any atom is -0.423 e. The molecule has 0 bridgehead atoms. The fourth-order valence-electron chi connectivity index (χ4n) is 1.91. The zero-order valence-corrected chi connectivity index (χ0v) is 17.1. The molecule has 2 aromatic carbocycles. The van der Waals surface area contributed by atoms with Crippen molar-refractivity contribution in [1.29, 1.82) is 0 Å². The van der Waals surface area contributed by atoms with Crippen LogP contribution < -0.4 is 5.46 Å². The molecule has 0 aliphatic carbocycles. The lowest BCUT2D eigenvalue weighted by Gasteiger charge is -2.04. The van der Waals surface area contributed by atoms with Crippen molar-refractivity contribution in [2.75, 3.05) is 0 Å². The molecule has 146 valence electrons. The van der Waals surface area contributed by atoms with Gasteiger partial charge in [0.1, 0.15) is 0 Å². The summed E-state index contributed by atoms with van der Waals surface area (Å²) in [6.07, 6.45) is 0.500. The second-order valence-electron chi connectivity index (χ2n) is 5.15. The van der Waals surface area contributed by atoms with Crippen LogP contribution in [0.1, 0.15) is 29.7 Å². The van der Waals surface area contributed by atoms with E-state index < -0.39 is 7.12 Å². The average Bonchev–Trinajstić information content (AvgIpc) is 2.53. The molecule has 0 unspecified atom stereocenters. The number of rotatable bonds is 1. The molecule has 2 N–H and O–H groups in total. The van der Waals surface area contributed by atoms with Gasteiger partial charge in [-0.2, -0.15) is 19.2 Å². The Hall–Kier alpha value is -2.09. The molecule has 0 fully saturated rings. The van der Waals surface area contributed by atoms with Crippen LogP contribution in [-0.2, 0) is 19.2 Å². The first-order valence-corrected chi connectivity index (χ1v) is 8.37. The van der Waals surface area contributed by atoms with Gasteiger partial charge >= 0.3 is 19.4 Å². The van der Waals surface area contributed by atoms with E-state index in [1.165, 1.54) is 14.7 Å². The van der Waals surface area contributed by atoms with E-state index in [-0.39, 0.29) is 19.7 Å². The summed E-state index contributed by atoms with van der Waals surface area (Å²) >= 11 is 2.34. The Labute approximate surface area is 173 Å². The highest BCUT2D eigenvalue weighted by atomic mass is 127. The molecule has 0 amide bonds. The first-order valence-electron chi connectivity index (χ1n) is 7.29. The third-order valence-corrected chi connectivity index (χ3v) is 4.23. The van der Waals surface area contributed by atoms with Gasteiger partial charge in [0.2, 0.25) is 0 Å². The summed E-state index contributed by atoms with van der Waals surface area (Å²) in [4.78, 5) is 32.5. The van der Waals surface area contributed by atoms with E-state index in [1.807, 2.05) is 26.0 Å². The van der Waals surface area contributed by atoms with E-state index in [0.717, 1.165) is 11.1 Å². The summed E-state index contributed by atoms with van der Waals surface area (Å²) in [5.74, 6) is 0. The molecule has 8 heteroatoms. The van der Waals surface area contributed by atoms with Gasteiger partial charge in [0.05, 0.1) is 0 Å². The zero-order valence-electron chi connectivity index (χ0n) is 14.9. The Morgan fingerprint density at radius 2 is 1.15 bits per heavy atom. The van der Waals surface area contributed by atoms with E-state index in [0.29, 0.717) is 5.46 Å². The molecular formula is C19H24BIO6. The summed E-state index contributed by atoms with van der Waals surface area (Å²) in [6.45, 7) is 8.08. The van der Waals surface area contributed by atoms with Gasteiger partial charge in [0.25, 0.3) is 0 Å². The minimum atomic E-state index is -1.35. The number of carbonyl (C=O) groups excluding carboxylic acids is 4. The predicted octanol–water partition coefficient (Wildman–Crippen LogP) is 2.36. The molecule has 0 saturated carbocycles. The maximum atomic E-state index is 8.85. The summed E-state index contributed by atoms with van der Waals surface area (Å²) in [6, 6.07) is 12.0. The van der Waals surface area contributed by atoms with Crippen molar-refractivity contribution in [3.8, 4) is 0 Å². The summed E-state index contributed by atoms with van der Waals surface area (Å²) in [7, 11) is -1.35. The number of aryl methyl sites for hydroxylation is 4. The molecule has 2 aromatic rings. The topological polar surface area (TPSA) is 109 Å². The second kappa shape index (κ2) is 17.3. The van der Waals surface area contributed by atoms with Gasteiger partial charge in [0.15, 0.2) is 0 Å². The number of hydrogen-bond acceptors (Lipinski definition) is 6. The van der Waals surface area contributed by atoms with Crippen LogP contribution in [0, 0.1) is 31.3 Å². The van der Waals surface area contributed by atoms with Crippen LogP contribution >= 0.6 is 22.6 Å². The number of halogens is 1. The Morgan fingerprint density at radius 1 is 0.778 bits per heavy atom. The van der Waals surface area contributed by atoms with Gasteiger partial charge in [-0.1, -0.05) is 54.4 Å². The van der Waals surface area contributed by atoms with Crippen molar-refractivity contribution < 1.29 is 29.2 Å². The Kier molecular flexibility index (Phi) is 19.0. The molecule has 27 heavy (non-hydrogen) atoms. The Morgan fingerprint density at radius 3 is 1.44 bits per heavy atom. The van der Waals surface area contributed by atoms with E-state index in [2.05, 4.69) is 54.6 Å². The maximum Gasteiger partial charge on any atom is 0.488 e. The van der Waals surface area contributed by atoms with Crippen LogP contribution in [0.2, 0.25) is 0 Å². The summed E-state index contributed by atoms with van der Waals surface area (Å²) in [5.41, 5.74) is 5.34. The SMILES string of the molecule is C.Cc1ccc(B(O)O)c(C)c1.Cc1ccc(I)c(C)c1.O=C=O.O=C=O. The molecular weight excluding hydrogens is 462 g/mol. The number of benzene rings is 2. The minimum absolute atomic E-state index is 0. The van der Waals surface area contributed by atoms with Crippen LogP contribution in [0.3, 0.4) is 0 Å². The Balaban J connectivity index is -0.000000325. The molecule has 0 heterocycles. The van der Waals surface area contributed by atoms with Crippen molar-refractivity contribution >= 4 is 47.5 Å². The van der Waals surface area contributed by atoms with E-state index in [1.54, 1.807) is 6.07 Å². The molecule has 6 nitrogen and oxygen atoms in total. The van der Waals surface area contributed by atoms with E-state index >= 15 is 0 Å². The number of hydrogen-bond donors (Lipinski definition) is 2. The largest absolute Gasteiger partial charge is 0.488 e. The van der Waals surface area contributed by atoms with E-state index in [4.69, 9.17) is 29.2 Å². The van der Waals surface area contributed by atoms with Crippen LogP contribution in [0.5, 0.6) is 0 Å². The van der Waals surface area contributed by atoms with Crippen LogP contribution in [-0.4, -0.2) is 29.5 Å². The fourth-order valence-corrected chi connectivity index (χ4v) is 2.25. The molecule has 0 spiro atoms. The highest BCUT2D eigenvalue weighted by Gasteiger charge is 2.12. The zero-order chi connectivity index (χ0) is 20.7. The van der Waals surface area contributed by atoms with Crippen molar-refractivity contribution in [2.24, 2.45) is 0 Å². The smallest absolute Gasteiger partial charge is 0.423 e. The van der Waals surface area contributed by atoms with Gasteiger partial charge in [-0.15, -0.1) is 0 Å². The first kappa shape index (κ1) is 29.7. The van der Waals surface area contributed by atoms with Crippen molar-refractivity contribution in [1.82, 2.24) is 0 Å².